The Bertz CT molecular complexity index is 756. The van der Waals surface area contributed by atoms with Gasteiger partial charge in [-0.05, 0) is 19.1 Å². The Labute approximate surface area is 143 Å². The van der Waals surface area contributed by atoms with Gasteiger partial charge in [-0.25, -0.2) is 4.83 Å². The molecule has 4 saturated heterocycles. The number of nitrogens with zero attached hydrogens (tertiary/aromatic N) is 3. The molecule has 4 fully saturated rings. The van der Waals surface area contributed by atoms with Gasteiger partial charge in [0.1, 0.15) is 0 Å². The van der Waals surface area contributed by atoms with Gasteiger partial charge in [0.05, 0.1) is 10.6 Å². The quantitative estimate of drug-likeness (QED) is 0.824. The summed E-state index contributed by atoms with van der Waals surface area (Å²) in [5.74, 6) is 0.320. The minimum Gasteiger partial charge on any atom is -0.300 e. The number of aryl methyl sites for hydroxylation is 1. The summed E-state index contributed by atoms with van der Waals surface area (Å²) in [7, 11) is -3.61. The van der Waals surface area contributed by atoms with E-state index < -0.39 is 10.0 Å². The smallest absolute Gasteiger partial charge is 0.276 e. The van der Waals surface area contributed by atoms with Crippen molar-refractivity contribution in [2.45, 2.75) is 18.7 Å². The molecule has 130 valence electrons. The van der Waals surface area contributed by atoms with Gasteiger partial charge < -0.3 is 9.80 Å². The zero-order valence-corrected chi connectivity index (χ0v) is 15.0. The van der Waals surface area contributed by atoms with Crippen molar-refractivity contribution in [3.05, 3.63) is 29.8 Å². The fourth-order valence-electron chi connectivity index (χ4n) is 4.40. The molecule has 1 N–H and O–H groups in total. The van der Waals surface area contributed by atoms with Crippen molar-refractivity contribution in [3.8, 4) is 0 Å². The van der Waals surface area contributed by atoms with Gasteiger partial charge in [0.15, 0.2) is 0 Å². The molecule has 2 unspecified atom stereocenters. The van der Waals surface area contributed by atoms with E-state index in [-0.39, 0.29) is 10.3 Å². The highest BCUT2D eigenvalue weighted by Gasteiger charge is 2.49. The zero-order chi connectivity index (χ0) is 16.9. The SMILES string of the molecule is Cc1ccc(S(=O)(=O)N/N=C2/C3CN4CCN(C3)CC2(C)C4)cc1. The standard InChI is InChI=1S/C17H24N4O2S/c1-13-3-5-15(6-4-13)24(22,23)19-18-16-14-9-20-7-8-21(10-14)12-17(16,2)11-20/h3-6,14,19H,7-12H2,1-2H3/b18-16-. The van der Waals surface area contributed by atoms with E-state index in [0.29, 0.717) is 5.92 Å². The number of rotatable bonds is 3. The number of piperidine rings is 2. The fraction of sp³-hybridized carbons (Fsp3) is 0.588. The Morgan fingerprint density at radius 2 is 1.71 bits per heavy atom. The molecular weight excluding hydrogens is 324 g/mol. The van der Waals surface area contributed by atoms with Gasteiger partial charge in [0.2, 0.25) is 0 Å². The van der Waals surface area contributed by atoms with Crippen LogP contribution in [0.1, 0.15) is 12.5 Å². The van der Waals surface area contributed by atoms with Crippen LogP contribution in [0.2, 0.25) is 0 Å². The van der Waals surface area contributed by atoms with Gasteiger partial charge in [0, 0.05) is 50.6 Å². The molecule has 0 amide bonds. The minimum atomic E-state index is -3.61. The van der Waals surface area contributed by atoms with Crippen molar-refractivity contribution in [1.82, 2.24) is 14.6 Å². The second-order valence-electron chi connectivity index (χ2n) is 7.63. The summed E-state index contributed by atoms with van der Waals surface area (Å²) in [6.07, 6.45) is 0. The molecule has 7 heteroatoms. The maximum Gasteiger partial charge on any atom is 0.276 e. The normalized spacial score (nSPS) is 36.8. The summed E-state index contributed by atoms with van der Waals surface area (Å²) in [4.78, 5) is 7.73. The Balaban J connectivity index is 1.61. The lowest BCUT2D eigenvalue weighted by Crippen LogP contribution is -2.60. The van der Waals surface area contributed by atoms with Crippen molar-refractivity contribution >= 4 is 15.7 Å². The summed E-state index contributed by atoms with van der Waals surface area (Å²) < 4.78 is 25.0. The molecule has 4 heterocycles. The summed E-state index contributed by atoms with van der Waals surface area (Å²) in [5, 5.41) is 4.43. The van der Waals surface area contributed by atoms with E-state index in [1.807, 2.05) is 6.92 Å². The minimum absolute atomic E-state index is 0.0620. The van der Waals surface area contributed by atoms with E-state index in [9.17, 15) is 8.42 Å². The summed E-state index contributed by atoms with van der Waals surface area (Å²) in [6.45, 7) is 10.3. The monoisotopic (exact) mass is 348 g/mol. The third kappa shape index (κ3) is 2.74. The van der Waals surface area contributed by atoms with E-state index >= 15 is 0 Å². The Morgan fingerprint density at radius 1 is 1.12 bits per heavy atom. The molecule has 6 nitrogen and oxygen atoms in total. The number of benzene rings is 1. The van der Waals surface area contributed by atoms with E-state index in [0.717, 1.165) is 50.5 Å². The van der Waals surface area contributed by atoms with Crippen LogP contribution in [0, 0.1) is 18.3 Å². The second kappa shape index (κ2) is 5.54. The van der Waals surface area contributed by atoms with Gasteiger partial charge in [-0.2, -0.15) is 13.5 Å². The van der Waals surface area contributed by atoms with E-state index in [2.05, 4.69) is 26.7 Å². The van der Waals surface area contributed by atoms with Gasteiger partial charge >= 0.3 is 0 Å². The topological polar surface area (TPSA) is 65.0 Å². The average Bonchev–Trinajstić information content (AvgIpc) is 2.74. The number of sulfonamides is 1. The fourth-order valence-corrected chi connectivity index (χ4v) is 5.22. The summed E-state index contributed by atoms with van der Waals surface area (Å²) in [5.41, 5.74) is 1.99. The van der Waals surface area contributed by atoms with Crippen LogP contribution in [0.25, 0.3) is 0 Å². The van der Waals surface area contributed by atoms with E-state index in [1.54, 1.807) is 24.3 Å². The van der Waals surface area contributed by atoms with Crippen molar-refractivity contribution in [3.63, 3.8) is 0 Å². The largest absolute Gasteiger partial charge is 0.300 e. The molecule has 5 rings (SSSR count). The molecule has 0 aromatic heterocycles. The highest BCUT2D eigenvalue weighted by Crippen LogP contribution is 2.38. The number of hydrogen-bond acceptors (Lipinski definition) is 5. The summed E-state index contributed by atoms with van der Waals surface area (Å²) in [6, 6.07) is 6.85. The van der Waals surface area contributed by atoms with Crippen molar-refractivity contribution in [2.24, 2.45) is 16.4 Å². The summed E-state index contributed by atoms with van der Waals surface area (Å²) >= 11 is 0. The van der Waals surface area contributed by atoms with Crippen LogP contribution in [-0.2, 0) is 10.0 Å². The lowest BCUT2D eigenvalue weighted by atomic mass is 9.72. The number of nitrogens with one attached hydrogen (secondary N) is 1. The van der Waals surface area contributed by atoms with Crippen molar-refractivity contribution < 1.29 is 8.42 Å². The highest BCUT2D eigenvalue weighted by molar-refractivity contribution is 7.89. The third-order valence-corrected chi connectivity index (χ3v) is 6.68. The number of fused-ring (bicyclic) bond motifs is 1. The first-order valence-electron chi connectivity index (χ1n) is 8.47. The molecule has 4 aliphatic rings. The van der Waals surface area contributed by atoms with Crippen molar-refractivity contribution in [1.29, 1.82) is 0 Å². The predicted octanol–water partition coefficient (Wildman–Crippen LogP) is 0.897. The maximum absolute atomic E-state index is 12.5. The van der Waals surface area contributed by atoms with Crippen LogP contribution in [0.15, 0.2) is 34.3 Å². The zero-order valence-electron chi connectivity index (χ0n) is 14.2. The number of hydrazone groups is 1. The third-order valence-electron chi connectivity index (χ3n) is 5.46. The molecule has 1 aromatic carbocycles. The molecule has 2 atom stereocenters. The van der Waals surface area contributed by atoms with Crippen molar-refractivity contribution in [2.75, 3.05) is 39.3 Å². The highest BCUT2D eigenvalue weighted by atomic mass is 32.2. The molecule has 0 saturated carbocycles. The first-order valence-corrected chi connectivity index (χ1v) is 9.95. The van der Waals surface area contributed by atoms with Crippen LogP contribution in [0.3, 0.4) is 0 Å². The van der Waals surface area contributed by atoms with E-state index in [4.69, 9.17) is 0 Å². The van der Waals surface area contributed by atoms with Crippen LogP contribution in [0.4, 0.5) is 0 Å². The van der Waals surface area contributed by atoms with Crippen LogP contribution < -0.4 is 4.83 Å². The molecule has 4 aliphatic heterocycles. The van der Waals surface area contributed by atoms with Crippen LogP contribution in [-0.4, -0.2) is 63.2 Å². The Morgan fingerprint density at radius 3 is 2.25 bits per heavy atom. The molecule has 4 bridgehead atoms. The number of hydrogen-bond donors (Lipinski definition) is 1. The predicted molar refractivity (Wildman–Crippen MR) is 93.4 cm³/mol. The molecular formula is C17H24N4O2S. The molecule has 0 aliphatic carbocycles. The van der Waals surface area contributed by atoms with Crippen LogP contribution >= 0.6 is 0 Å². The van der Waals surface area contributed by atoms with Gasteiger partial charge in [0.25, 0.3) is 10.0 Å². The van der Waals surface area contributed by atoms with E-state index in [1.165, 1.54) is 0 Å². The first-order chi connectivity index (χ1) is 11.4. The molecule has 1 aromatic rings. The van der Waals surface area contributed by atoms with Gasteiger partial charge in [-0.3, -0.25) is 0 Å². The van der Waals surface area contributed by atoms with Gasteiger partial charge in [-0.15, -0.1) is 0 Å². The molecule has 0 radical (unpaired) electrons. The lowest BCUT2D eigenvalue weighted by Gasteiger charge is -2.48. The average molecular weight is 348 g/mol. The van der Waals surface area contributed by atoms with Crippen LogP contribution in [0.5, 0.6) is 0 Å². The molecule has 0 spiro atoms. The maximum atomic E-state index is 12.5. The van der Waals surface area contributed by atoms with Gasteiger partial charge in [-0.1, -0.05) is 24.6 Å². The second-order valence-corrected chi connectivity index (χ2v) is 9.29. The Hall–Kier alpha value is -1.44. The first kappa shape index (κ1) is 16.1. The molecule has 24 heavy (non-hydrogen) atoms. The lowest BCUT2D eigenvalue weighted by molar-refractivity contribution is 0.130. The Kier molecular flexibility index (Phi) is 3.71.